The van der Waals surface area contributed by atoms with E-state index in [9.17, 15) is 13.2 Å². The molecular formula is C12H9Cl2NO4S2. The number of hydrogen-bond acceptors (Lipinski definition) is 4. The minimum absolute atomic E-state index is 0.00199. The highest BCUT2D eigenvalue weighted by molar-refractivity contribution is 7.94. The van der Waals surface area contributed by atoms with E-state index >= 15 is 0 Å². The Morgan fingerprint density at radius 2 is 1.95 bits per heavy atom. The lowest BCUT2D eigenvalue weighted by atomic mass is 10.2. The number of halogens is 2. The standard InChI is InChI=1S/C12H9Cl2NO4S2/c1-6-4-10(20-11(6)14)21(18,19)15-9-3-2-7(12(16)17)5-8(9)13/h2-5,15H,1H3,(H,16,17). The molecule has 0 unspecified atom stereocenters. The molecule has 0 amide bonds. The SMILES string of the molecule is Cc1cc(S(=O)(=O)Nc2ccc(C(=O)O)cc2Cl)sc1Cl. The van der Waals surface area contributed by atoms with Gasteiger partial charge in [0.15, 0.2) is 0 Å². The zero-order chi connectivity index (χ0) is 15.8. The van der Waals surface area contributed by atoms with Crippen LogP contribution in [0.5, 0.6) is 0 Å². The molecule has 112 valence electrons. The summed E-state index contributed by atoms with van der Waals surface area (Å²) in [5, 5.41) is 8.83. The first-order valence-corrected chi connectivity index (χ1v) is 8.58. The molecule has 0 aliphatic heterocycles. The molecule has 1 aromatic heterocycles. The number of thiophene rings is 1. The van der Waals surface area contributed by atoms with Crippen molar-refractivity contribution in [2.45, 2.75) is 11.1 Å². The van der Waals surface area contributed by atoms with Crippen LogP contribution in [0, 0.1) is 6.92 Å². The number of hydrogen-bond donors (Lipinski definition) is 2. The molecule has 5 nitrogen and oxygen atoms in total. The van der Waals surface area contributed by atoms with Crippen LogP contribution in [0.15, 0.2) is 28.5 Å². The zero-order valence-electron chi connectivity index (χ0n) is 10.6. The Bertz CT molecular complexity index is 795. The largest absolute Gasteiger partial charge is 0.478 e. The van der Waals surface area contributed by atoms with Crippen molar-refractivity contribution in [2.75, 3.05) is 4.72 Å². The van der Waals surface area contributed by atoms with Crippen LogP contribution in [0.25, 0.3) is 0 Å². The number of aryl methyl sites for hydroxylation is 1. The average molecular weight is 366 g/mol. The van der Waals surface area contributed by atoms with E-state index in [1.807, 2.05) is 0 Å². The molecule has 0 aliphatic rings. The topological polar surface area (TPSA) is 83.5 Å². The molecule has 0 atom stereocenters. The maximum absolute atomic E-state index is 12.2. The number of carbonyl (C=O) groups is 1. The van der Waals surface area contributed by atoms with Gasteiger partial charge in [-0.1, -0.05) is 23.2 Å². The summed E-state index contributed by atoms with van der Waals surface area (Å²) in [5.74, 6) is -1.15. The number of carboxylic acids is 1. The average Bonchev–Trinajstić information content (AvgIpc) is 2.72. The van der Waals surface area contributed by atoms with Crippen molar-refractivity contribution in [3.63, 3.8) is 0 Å². The first-order valence-electron chi connectivity index (χ1n) is 5.52. The molecule has 0 saturated carbocycles. The van der Waals surface area contributed by atoms with Crippen LogP contribution in [-0.2, 0) is 10.0 Å². The van der Waals surface area contributed by atoms with E-state index in [4.69, 9.17) is 28.3 Å². The molecule has 9 heteroatoms. The molecule has 21 heavy (non-hydrogen) atoms. The van der Waals surface area contributed by atoms with Gasteiger partial charge in [0.25, 0.3) is 10.0 Å². The summed E-state index contributed by atoms with van der Waals surface area (Å²) < 4.78 is 27.2. The summed E-state index contributed by atoms with van der Waals surface area (Å²) in [7, 11) is -3.82. The van der Waals surface area contributed by atoms with E-state index in [2.05, 4.69) is 4.72 Å². The zero-order valence-corrected chi connectivity index (χ0v) is 13.7. The number of rotatable bonds is 4. The van der Waals surface area contributed by atoms with Gasteiger partial charge in [0.1, 0.15) is 4.21 Å². The molecule has 0 saturated heterocycles. The molecule has 0 radical (unpaired) electrons. The van der Waals surface area contributed by atoms with Gasteiger partial charge in [0.2, 0.25) is 0 Å². The third kappa shape index (κ3) is 3.49. The fourth-order valence-corrected chi connectivity index (χ4v) is 4.56. The fourth-order valence-electron chi connectivity index (χ4n) is 1.49. The van der Waals surface area contributed by atoms with Gasteiger partial charge < -0.3 is 5.11 Å². The number of anilines is 1. The second kappa shape index (κ2) is 5.84. The van der Waals surface area contributed by atoms with Crippen LogP contribution in [0.3, 0.4) is 0 Å². The highest BCUT2D eigenvalue weighted by Gasteiger charge is 2.20. The van der Waals surface area contributed by atoms with Crippen LogP contribution in [0.4, 0.5) is 5.69 Å². The Balaban J connectivity index is 2.35. The van der Waals surface area contributed by atoms with Crippen molar-refractivity contribution >= 4 is 56.2 Å². The smallest absolute Gasteiger partial charge is 0.335 e. The maximum atomic E-state index is 12.2. The van der Waals surface area contributed by atoms with Crippen LogP contribution in [0.1, 0.15) is 15.9 Å². The normalized spacial score (nSPS) is 11.4. The summed E-state index contributed by atoms with van der Waals surface area (Å²) in [5.41, 5.74) is 0.733. The Kier molecular flexibility index (Phi) is 4.48. The molecule has 2 rings (SSSR count). The van der Waals surface area contributed by atoms with E-state index in [-0.39, 0.29) is 20.5 Å². The molecule has 0 bridgehead atoms. The van der Waals surface area contributed by atoms with Gasteiger partial charge in [-0.2, -0.15) is 0 Å². The van der Waals surface area contributed by atoms with E-state index in [0.29, 0.717) is 9.90 Å². The first kappa shape index (κ1) is 16.1. The predicted molar refractivity (Wildman–Crippen MR) is 83.3 cm³/mol. The maximum Gasteiger partial charge on any atom is 0.335 e. The second-order valence-corrected chi connectivity index (χ2v) is 8.10. The van der Waals surface area contributed by atoms with Crippen molar-refractivity contribution in [1.82, 2.24) is 0 Å². The van der Waals surface area contributed by atoms with Gasteiger partial charge >= 0.3 is 5.97 Å². The fraction of sp³-hybridized carbons (Fsp3) is 0.0833. The van der Waals surface area contributed by atoms with Crippen LogP contribution >= 0.6 is 34.5 Å². The van der Waals surface area contributed by atoms with Gasteiger partial charge in [-0.15, -0.1) is 11.3 Å². The lowest BCUT2D eigenvalue weighted by Gasteiger charge is -2.08. The minimum Gasteiger partial charge on any atom is -0.478 e. The van der Waals surface area contributed by atoms with Gasteiger partial charge in [-0.3, -0.25) is 4.72 Å². The first-order chi connectivity index (χ1) is 9.70. The van der Waals surface area contributed by atoms with Crippen molar-refractivity contribution in [1.29, 1.82) is 0 Å². The molecule has 0 spiro atoms. The quantitative estimate of drug-likeness (QED) is 0.861. The summed E-state index contributed by atoms with van der Waals surface area (Å²) in [6.45, 7) is 1.70. The Hall–Kier alpha value is -1.28. The third-order valence-electron chi connectivity index (χ3n) is 2.56. The monoisotopic (exact) mass is 365 g/mol. The third-order valence-corrected chi connectivity index (χ3v) is 6.27. The van der Waals surface area contributed by atoms with Crippen molar-refractivity contribution < 1.29 is 18.3 Å². The molecule has 0 aliphatic carbocycles. The van der Waals surface area contributed by atoms with Crippen LogP contribution in [-0.4, -0.2) is 19.5 Å². The van der Waals surface area contributed by atoms with Crippen molar-refractivity contribution in [3.05, 3.63) is 44.8 Å². The highest BCUT2D eigenvalue weighted by Crippen LogP contribution is 2.32. The van der Waals surface area contributed by atoms with E-state index in [1.54, 1.807) is 6.92 Å². The van der Waals surface area contributed by atoms with Gasteiger partial charge in [0, 0.05) is 0 Å². The van der Waals surface area contributed by atoms with Crippen molar-refractivity contribution in [3.8, 4) is 0 Å². The highest BCUT2D eigenvalue weighted by atomic mass is 35.5. The van der Waals surface area contributed by atoms with Crippen molar-refractivity contribution in [2.24, 2.45) is 0 Å². The number of carboxylic acid groups (broad SMARTS) is 1. The minimum atomic E-state index is -3.82. The lowest BCUT2D eigenvalue weighted by molar-refractivity contribution is 0.0697. The van der Waals surface area contributed by atoms with Gasteiger partial charge in [-0.25, -0.2) is 13.2 Å². The summed E-state index contributed by atoms with van der Waals surface area (Å²) in [6, 6.07) is 5.19. The van der Waals surface area contributed by atoms with Crippen LogP contribution in [0.2, 0.25) is 9.36 Å². The van der Waals surface area contributed by atoms with E-state index in [1.165, 1.54) is 24.3 Å². The number of aromatic carboxylic acids is 1. The molecular weight excluding hydrogens is 357 g/mol. The lowest BCUT2D eigenvalue weighted by Crippen LogP contribution is -2.12. The summed E-state index contributed by atoms with van der Waals surface area (Å²) in [6.07, 6.45) is 0. The number of nitrogens with one attached hydrogen (secondary N) is 1. The molecule has 1 heterocycles. The summed E-state index contributed by atoms with van der Waals surface area (Å²) >= 11 is 12.7. The van der Waals surface area contributed by atoms with E-state index < -0.39 is 16.0 Å². The second-order valence-electron chi connectivity index (χ2n) is 4.13. The molecule has 2 aromatic rings. The molecule has 2 N–H and O–H groups in total. The van der Waals surface area contributed by atoms with Gasteiger partial charge in [0.05, 0.1) is 20.6 Å². The number of benzene rings is 1. The molecule has 1 aromatic carbocycles. The Morgan fingerprint density at radius 3 is 2.43 bits per heavy atom. The number of sulfonamides is 1. The van der Waals surface area contributed by atoms with Crippen LogP contribution < -0.4 is 4.72 Å². The van der Waals surface area contributed by atoms with Gasteiger partial charge in [-0.05, 0) is 36.8 Å². The summed E-state index contributed by atoms with van der Waals surface area (Å²) in [4.78, 5) is 10.8. The van der Waals surface area contributed by atoms with E-state index in [0.717, 1.165) is 11.3 Å². The predicted octanol–water partition coefficient (Wildman–Crippen LogP) is 3.86. The Morgan fingerprint density at radius 1 is 1.29 bits per heavy atom. The Labute approximate surface area is 135 Å². The molecule has 0 fully saturated rings.